The van der Waals surface area contributed by atoms with Gasteiger partial charge in [0.2, 0.25) is 0 Å². The molecule has 1 aliphatic rings. The molecule has 0 saturated heterocycles. The average Bonchev–Trinajstić information content (AvgIpc) is 2.35. The second kappa shape index (κ2) is 5.78. The monoisotopic (exact) mass is 251 g/mol. The molecule has 0 amide bonds. The Labute approximate surface area is 108 Å². The lowest BCUT2D eigenvalue weighted by Crippen LogP contribution is -2.44. The number of benzene rings is 1. The average molecular weight is 251 g/mol. The SMILES string of the molecule is CNC(CC(C)C)C1CSc2ccccc2O1. The van der Waals surface area contributed by atoms with Gasteiger partial charge in [0.05, 0.1) is 0 Å². The van der Waals surface area contributed by atoms with E-state index in [1.807, 2.05) is 24.9 Å². The smallest absolute Gasteiger partial charge is 0.133 e. The molecule has 1 N–H and O–H groups in total. The molecule has 94 valence electrons. The Morgan fingerprint density at radius 1 is 1.41 bits per heavy atom. The lowest BCUT2D eigenvalue weighted by molar-refractivity contribution is 0.157. The highest BCUT2D eigenvalue weighted by Crippen LogP contribution is 2.36. The van der Waals surface area contributed by atoms with E-state index < -0.39 is 0 Å². The summed E-state index contributed by atoms with van der Waals surface area (Å²) >= 11 is 1.90. The summed E-state index contributed by atoms with van der Waals surface area (Å²) < 4.78 is 6.10. The number of likely N-dealkylation sites (N-methyl/N-ethyl adjacent to an activating group) is 1. The van der Waals surface area contributed by atoms with Gasteiger partial charge in [-0.05, 0) is 31.5 Å². The van der Waals surface area contributed by atoms with E-state index in [0.29, 0.717) is 12.0 Å². The van der Waals surface area contributed by atoms with Crippen LogP contribution in [-0.4, -0.2) is 24.9 Å². The van der Waals surface area contributed by atoms with Crippen molar-refractivity contribution in [1.82, 2.24) is 5.32 Å². The fraction of sp³-hybridized carbons (Fsp3) is 0.571. The topological polar surface area (TPSA) is 21.3 Å². The van der Waals surface area contributed by atoms with E-state index in [0.717, 1.165) is 17.9 Å². The maximum absolute atomic E-state index is 6.10. The third-order valence-corrected chi connectivity index (χ3v) is 4.22. The van der Waals surface area contributed by atoms with E-state index in [1.165, 1.54) is 4.90 Å². The van der Waals surface area contributed by atoms with Crippen molar-refractivity contribution in [2.45, 2.75) is 37.3 Å². The van der Waals surface area contributed by atoms with Gasteiger partial charge in [0.25, 0.3) is 0 Å². The van der Waals surface area contributed by atoms with Crippen LogP contribution in [0.5, 0.6) is 5.75 Å². The summed E-state index contributed by atoms with van der Waals surface area (Å²) in [7, 11) is 2.03. The normalized spacial score (nSPS) is 20.8. The molecule has 1 aromatic rings. The van der Waals surface area contributed by atoms with E-state index >= 15 is 0 Å². The van der Waals surface area contributed by atoms with Crippen molar-refractivity contribution in [3.63, 3.8) is 0 Å². The molecule has 2 unspecified atom stereocenters. The molecule has 1 aromatic carbocycles. The number of nitrogens with one attached hydrogen (secondary N) is 1. The standard InChI is InChI=1S/C14H21NOS/c1-10(2)8-11(15-3)13-9-17-14-7-5-4-6-12(14)16-13/h4-7,10-11,13,15H,8-9H2,1-3H3. The number of thioether (sulfide) groups is 1. The second-order valence-electron chi connectivity index (χ2n) is 4.94. The predicted molar refractivity (Wildman–Crippen MR) is 73.9 cm³/mol. The molecule has 0 spiro atoms. The van der Waals surface area contributed by atoms with Crippen molar-refractivity contribution in [3.05, 3.63) is 24.3 Å². The Balaban J connectivity index is 2.05. The molecule has 0 saturated carbocycles. The fourth-order valence-electron chi connectivity index (χ4n) is 2.20. The summed E-state index contributed by atoms with van der Waals surface area (Å²) in [5.74, 6) is 2.77. The maximum atomic E-state index is 6.10. The van der Waals surface area contributed by atoms with Gasteiger partial charge in [-0.2, -0.15) is 0 Å². The molecular formula is C14H21NOS. The van der Waals surface area contributed by atoms with Crippen molar-refractivity contribution in [2.24, 2.45) is 5.92 Å². The molecule has 2 nitrogen and oxygen atoms in total. The summed E-state index contributed by atoms with van der Waals surface area (Å²) in [6.07, 6.45) is 1.44. The van der Waals surface area contributed by atoms with Crippen LogP contribution in [0.15, 0.2) is 29.2 Å². The van der Waals surface area contributed by atoms with Crippen molar-refractivity contribution in [3.8, 4) is 5.75 Å². The molecule has 0 aliphatic carbocycles. The van der Waals surface area contributed by atoms with E-state index in [9.17, 15) is 0 Å². The number of hydrogen-bond acceptors (Lipinski definition) is 3. The quantitative estimate of drug-likeness (QED) is 0.888. The Bertz CT molecular complexity index is 367. The number of para-hydroxylation sites is 1. The Morgan fingerprint density at radius 3 is 2.88 bits per heavy atom. The van der Waals surface area contributed by atoms with Crippen LogP contribution in [-0.2, 0) is 0 Å². The molecular weight excluding hydrogens is 230 g/mol. The summed E-state index contributed by atoms with van der Waals surface area (Å²) in [5, 5.41) is 3.40. The van der Waals surface area contributed by atoms with Crippen LogP contribution in [0.4, 0.5) is 0 Å². The molecule has 1 heterocycles. The van der Waals surface area contributed by atoms with Crippen LogP contribution in [0, 0.1) is 5.92 Å². The zero-order valence-electron chi connectivity index (χ0n) is 10.8. The number of hydrogen-bond donors (Lipinski definition) is 1. The van der Waals surface area contributed by atoms with Gasteiger partial charge in [-0.1, -0.05) is 26.0 Å². The van der Waals surface area contributed by atoms with Crippen molar-refractivity contribution >= 4 is 11.8 Å². The molecule has 0 fully saturated rings. The van der Waals surface area contributed by atoms with Crippen molar-refractivity contribution < 1.29 is 4.74 Å². The van der Waals surface area contributed by atoms with Gasteiger partial charge < -0.3 is 10.1 Å². The molecule has 0 bridgehead atoms. The molecule has 17 heavy (non-hydrogen) atoms. The lowest BCUT2D eigenvalue weighted by Gasteiger charge is -2.32. The molecule has 0 radical (unpaired) electrons. The van der Waals surface area contributed by atoms with Gasteiger partial charge in [-0.25, -0.2) is 0 Å². The van der Waals surface area contributed by atoms with Gasteiger partial charge in [0.1, 0.15) is 11.9 Å². The van der Waals surface area contributed by atoms with E-state index in [1.54, 1.807) is 0 Å². The highest BCUT2D eigenvalue weighted by atomic mass is 32.2. The van der Waals surface area contributed by atoms with Crippen LogP contribution >= 0.6 is 11.8 Å². The molecule has 1 aliphatic heterocycles. The van der Waals surface area contributed by atoms with Crippen LogP contribution in [0.3, 0.4) is 0 Å². The van der Waals surface area contributed by atoms with Crippen molar-refractivity contribution in [1.29, 1.82) is 0 Å². The minimum absolute atomic E-state index is 0.280. The summed E-state index contributed by atoms with van der Waals surface area (Å²) in [5.41, 5.74) is 0. The lowest BCUT2D eigenvalue weighted by atomic mass is 10.00. The number of ether oxygens (including phenoxy) is 1. The molecule has 0 aromatic heterocycles. The van der Waals surface area contributed by atoms with Crippen LogP contribution in [0.1, 0.15) is 20.3 Å². The highest BCUT2D eigenvalue weighted by Gasteiger charge is 2.27. The first-order chi connectivity index (χ1) is 8.20. The van der Waals surface area contributed by atoms with Gasteiger partial charge >= 0.3 is 0 Å². The van der Waals surface area contributed by atoms with Crippen molar-refractivity contribution in [2.75, 3.05) is 12.8 Å². The van der Waals surface area contributed by atoms with Crippen LogP contribution in [0.2, 0.25) is 0 Å². The maximum Gasteiger partial charge on any atom is 0.133 e. The van der Waals surface area contributed by atoms with E-state index in [2.05, 4.69) is 37.4 Å². The third-order valence-electron chi connectivity index (χ3n) is 3.08. The highest BCUT2D eigenvalue weighted by molar-refractivity contribution is 7.99. The zero-order chi connectivity index (χ0) is 12.3. The first kappa shape index (κ1) is 12.8. The van der Waals surface area contributed by atoms with Crippen LogP contribution in [0.25, 0.3) is 0 Å². The number of rotatable bonds is 4. The predicted octanol–water partition coefficient (Wildman–Crippen LogP) is 3.17. The fourth-order valence-corrected chi connectivity index (χ4v) is 3.27. The summed E-state index contributed by atoms with van der Waals surface area (Å²) in [4.78, 5) is 1.27. The molecule has 2 atom stereocenters. The minimum Gasteiger partial charge on any atom is -0.487 e. The van der Waals surface area contributed by atoms with E-state index in [-0.39, 0.29) is 6.10 Å². The first-order valence-electron chi connectivity index (χ1n) is 6.26. The third kappa shape index (κ3) is 3.17. The minimum atomic E-state index is 0.280. The van der Waals surface area contributed by atoms with E-state index in [4.69, 9.17) is 4.74 Å². The Kier molecular flexibility index (Phi) is 4.35. The van der Waals surface area contributed by atoms with Crippen LogP contribution < -0.4 is 10.1 Å². The van der Waals surface area contributed by atoms with Gasteiger partial charge in [0.15, 0.2) is 0 Å². The van der Waals surface area contributed by atoms with Gasteiger partial charge in [-0.15, -0.1) is 11.8 Å². The van der Waals surface area contributed by atoms with Gasteiger partial charge in [0, 0.05) is 16.7 Å². The molecule has 2 rings (SSSR count). The van der Waals surface area contributed by atoms with Gasteiger partial charge in [-0.3, -0.25) is 0 Å². The summed E-state index contributed by atoms with van der Waals surface area (Å²) in [6, 6.07) is 8.75. The Morgan fingerprint density at radius 2 is 2.18 bits per heavy atom. The molecule has 3 heteroatoms. The Hall–Kier alpha value is -0.670. The second-order valence-corrected chi connectivity index (χ2v) is 6.00. The summed E-state index contributed by atoms with van der Waals surface area (Å²) in [6.45, 7) is 4.52. The zero-order valence-corrected chi connectivity index (χ0v) is 11.6. The largest absolute Gasteiger partial charge is 0.487 e. The first-order valence-corrected chi connectivity index (χ1v) is 7.25. The number of fused-ring (bicyclic) bond motifs is 1.